The van der Waals surface area contributed by atoms with E-state index in [9.17, 15) is 22.4 Å². The van der Waals surface area contributed by atoms with Crippen molar-refractivity contribution in [3.8, 4) is 5.75 Å². The first-order valence-corrected chi connectivity index (χ1v) is 8.34. The number of benzene rings is 2. The summed E-state index contributed by atoms with van der Waals surface area (Å²) >= 11 is 0. The normalized spacial score (nSPS) is 13.3. The molecule has 0 fully saturated rings. The summed E-state index contributed by atoms with van der Waals surface area (Å²) in [6.07, 6.45) is -4.31. The monoisotopic (exact) mass is 418 g/mol. The third-order valence-corrected chi connectivity index (χ3v) is 4.43. The third-order valence-electron chi connectivity index (χ3n) is 4.43. The molecule has 0 radical (unpaired) electrons. The number of ether oxygens (including phenoxy) is 1. The Balaban J connectivity index is 0.00000280. The largest absolute Gasteiger partial charge is 0.495 e. The summed E-state index contributed by atoms with van der Waals surface area (Å²) in [5, 5.41) is 6.00. The van der Waals surface area contributed by atoms with Crippen molar-refractivity contribution >= 4 is 24.0 Å². The molecule has 2 aromatic rings. The van der Waals surface area contributed by atoms with Gasteiger partial charge in [0.2, 0.25) is 5.91 Å². The molecule has 1 heterocycles. The molecule has 4 nitrogen and oxygen atoms in total. The molecule has 0 saturated carbocycles. The van der Waals surface area contributed by atoms with E-state index in [0.717, 1.165) is 29.8 Å². The van der Waals surface area contributed by atoms with Gasteiger partial charge in [-0.2, -0.15) is 13.2 Å². The Labute approximate surface area is 165 Å². The van der Waals surface area contributed by atoms with E-state index >= 15 is 0 Å². The zero-order chi connectivity index (χ0) is 19.6. The minimum atomic E-state index is -4.77. The topological polar surface area (TPSA) is 50.4 Å². The Morgan fingerprint density at radius 2 is 2.00 bits per heavy atom. The second-order valence-electron chi connectivity index (χ2n) is 6.24. The van der Waals surface area contributed by atoms with Crippen LogP contribution < -0.4 is 15.4 Å². The number of amides is 1. The maximum Gasteiger partial charge on any atom is 0.419 e. The smallest absolute Gasteiger partial charge is 0.419 e. The number of hydrogen-bond donors (Lipinski definition) is 2. The Morgan fingerprint density at radius 3 is 2.64 bits per heavy atom. The fourth-order valence-corrected chi connectivity index (χ4v) is 3.13. The number of alkyl halides is 3. The van der Waals surface area contributed by atoms with Crippen LogP contribution in [0.1, 0.15) is 22.3 Å². The number of hydrogen-bond acceptors (Lipinski definition) is 3. The highest BCUT2D eigenvalue weighted by Crippen LogP contribution is 2.34. The highest BCUT2D eigenvalue weighted by Gasteiger charge is 2.34. The first-order chi connectivity index (χ1) is 12.8. The van der Waals surface area contributed by atoms with E-state index in [0.29, 0.717) is 30.5 Å². The number of rotatable bonds is 4. The molecule has 1 aliphatic rings. The lowest BCUT2D eigenvalue weighted by atomic mass is 9.98. The molecule has 3 rings (SSSR count). The van der Waals surface area contributed by atoms with Crippen LogP contribution in [0.2, 0.25) is 0 Å². The molecular formula is C19H19ClF4N2O2. The Bertz CT molecular complexity index is 872. The van der Waals surface area contributed by atoms with Crippen molar-refractivity contribution in [3.63, 3.8) is 0 Å². The minimum Gasteiger partial charge on any atom is -0.495 e. The van der Waals surface area contributed by atoms with E-state index in [-0.39, 0.29) is 24.4 Å². The van der Waals surface area contributed by atoms with Crippen LogP contribution in [0.5, 0.6) is 5.75 Å². The van der Waals surface area contributed by atoms with Crippen molar-refractivity contribution in [3.05, 3.63) is 58.4 Å². The average Bonchev–Trinajstić information content (AvgIpc) is 2.61. The highest BCUT2D eigenvalue weighted by molar-refractivity contribution is 5.95. The van der Waals surface area contributed by atoms with Gasteiger partial charge in [-0.15, -0.1) is 12.4 Å². The molecule has 0 bridgehead atoms. The maximum atomic E-state index is 13.7. The predicted octanol–water partition coefficient (Wildman–Crippen LogP) is 4.10. The molecule has 9 heteroatoms. The van der Waals surface area contributed by atoms with Gasteiger partial charge < -0.3 is 15.4 Å². The Kier molecular flexibility index (Phi) is 6.90. The zero-order valence-corrected chi connectivity index (χ0v) is 15.8. The van der Waals surface area contributed by atoms with Gasteiger partial charge in [0.1, 0.15) is 11.6 Å². The van der Waals surface area contributed by atoms with Crippen molar-refractivity contribution in [1.29, 1.82) is 0 Å². The Hall–Kier alpha value is -2.32. The summed E-state index contributed by atoms with van der Waals surface area (Å²) < 4.78 is 56.9. The van der Waals surface area contributed by atoms with Crippen molar-refractivity contribution < 1.29 is 27.1 Å². The number of carbonyl (C=O) groups excluding carboxylic acids is 1. The molecule has 0 unspecified atom stereocenters. The second-order valence-corrected chi connectivity index (χ2v) is 6.24. The van der Waals surface area contributed by atoms with Gasteiger partial charge in [0.05, 0.1) is 24.8 Å². The van der Waals surface area contributed by atoms with Crippen LogP contribution in [-0.2, 0) is 30.4 Å². The van der Waals surface area contributed by atoms with Crippen LogP contribution in [0.4, 0.5) is 23.2 Å². The van der Waals surface area contributed by atoms with Crippen LogP contribution in [0.3, 0.4) is 0 Å². The molecule has 0 aromatic heterocycles. The molecule has 0 spiro atoms. The molecule has 0 saturated heterocycles. The van der Waals surface area contributed by atoms with Gasteiger partial charge in [0.15, 0.2) is 0 Å². The van der Waals surface area contributed by atoms with E-state index in [1.165, 1.54) is 7.11 Å². The SMILES string of the molecule is COc1ccc2c(c1NC(=O)Cc1ccc(C(F)(F)F)c(F)c1)CCNC2.Cl. The molecule has 1 amide bonds. The summed E-state index contributed by atoms with van der Waals surface area (Å²) in [6.45, 7) is 1.43. The highest BCUT2D eigenvalue weighted by atomic mass is 35.5. The molecule has 1 aliphatic heterocycles. The first kappa shape index (κ1) is 22.0. The maximum absolute atomic E-state index is 13.7. The fourth-order valence-electron chi connectivity index (χ4n) is 3.13. The molecule has 0 atom stereocenters. The molecule has 2 aromatic carbocycles. The standard InChI is InChI=1S/C19H18F4N2O2.ClH/c1-27-16-5-3-12-10-24-7-6-13(12)18(16)25-17(26)9-11-2-4-14(15(20)8-11)19(21,22)23;/h2-5,8,24H,6-7,9-10H2,1H3,(H,25,26);1H. The summed E-state index contributed by atoms with van der Waals surface area (Å²) in [4.78, 5) is 12.4. The van der Waals surface area contributed by atoms with Gasteiger partial charge in [-0.1, -0.05) is 12.1 Å². The summed E-state index contributed by atoms with van der Waals surface area (Å²) in [5.41, 5.74) is 1.35. The van der Waals surface area contributed by atoms with Crippen LogP contribution in [0.15, 0.2) is 30.3 Å². The van der Waals surface area contributed by atoms with E-state index < -0.39 is 23.5 Å². The number of fused-ring (bicyclic) bond motifs is 1. The van der Waals surface area contributed by atoms with Crippen molar-refractivity contribution in [2.24, 2.45) is 0 Å². The number of halogens is 5. The molecule has 2 N–H and O–H groups in total. The lowest BCUT2D eigenvalue weighted by molar-refractivity contribution is -0.140. The zero-order valence-electron chi connectivity index (χ0n) is 15.0. The number of nitrogens with one attached hydrogen (secondary N) is 2. The van der Waals surface area contributed by atoms with Crippen molar-refractivity contribution in [2.45, 2.75) is 25.6 Å². The predicted molar refractivity (Wildman–Crippen MR) is 99.4 cm³/mol. The minimum absolute atomic E-state index is 0. The second kappa shape index (κ2) is 8.79. The van der Waals surface area contributed by atoms with Gasteiger partial charge in [-0.05, 0) is 47.9 Å². The van der Waals surface area contributed by atoms with Crippen LogP contribution in [0, 0.1) is 5.82 Å². The summed E-state index contributed by atoms with van der Waals surface area (Å²) in [5.74, 6) is -1.35. The van der Waals surface area contributed by atoms with Gasteiger partial charge in [-0.25, -0.2) is 4.39 Å². The van der Waals surface area contributed by atoms with E-state index in [4.69, 9.17) is 4.74 Å². The molecule has 28 heavy (non-hydrogen) atoms. The Morgan fingerprint density at radius 1 is 1.25 bits per heavy atom. The fraction of sp³-hybridized carbons (Fsp3) is 0.316. The first-order valence-electron chi connectivity index (χ1n) is 8.34. The number of anilines is 1. The van der Waals surface area contributed by atoms with E-state index in [2.05, 4.69) is 10.6 Å². The molecule has 152 valence electrons. The van der Waals surface area contributed by atoms with Crippen molar-refractivity contribution in [2.75, 3.05) is 19.0 Å². The molecule has 0 aliphatic carbocycles. The van der Waals surface area contributed by atoms with Gasteiger partial charge in [0.25, 0.3) is 0 Å². The van der Waals surface area contributed by atoms with E-state index in [1.54, 1.807) is 6.07 Å². The van der Waals surface area contributed by atoms with Gasteiger partial charge >= 0.3 is 6.18 Å². The third kappa shape index (κ3) is 4.74. The molecular weight excluding hydrogens is 400 g/mol. The van der Waals surface area contributed by atoms with Crippen LogP contribution in [-0.4, -0.2) is 19.6 Å². The van der Waals surface area contributed by atoms with Crippen LogP contribution >= 0.6 is 12.4 Å². The lowest BCUT2D eigenvalue weighted by Crippen LogP contribution is -2.26. The summed E-state index contributed by atoms with van der Waals surface area (Å²) in [7, 11) is 1.49. The van der Waals surface area contributed by atoms with Crippen LogP contribution in [0.25, 0.3) is 0 Å². The number of methoxy groups -OCH3 is 1. The van der Waals surface area contributed by atoms with Gasteiger partial charge in [-0.3, -0.25) is 4.79 Å². The number of carbonyl (C=O) groups is 1. The van der Waals surface area contributed by atoms with Crippen molar-refractivity contribution in [1.82, 2.24) is 5.32 Å². The quantitative estimate of drug-likeness (QED) is 0.735. The summed E-state index contributed by atoms with van der Waals surface area (Å²) in [6, 6.07) is 6.16. The lowest BCUT2D eigenvalue weighted by Gasteiger charge is -2.22. The van der Waals surface area contributed by atoms with E-state index in [1.807, 2.05) is 6.07 Å². The van der Waals surface area contributed by atoms with Gasteiger partial charge in [0, 0.05) is 6.54 Å². The average molecular weight is 419 g/mol.